The monoisotopic (exact) mass is 389 g/mol. The van der Waals surface area contributed by atoms with Gasteiger partial charge in [0, 0.05) is 17.0 Å². The molecular formula is C24H28BNO3. The van der Waals surface area contributed by atoms with Crippen LogP contribution in [0.5, 0.6) is 5.75 Å². The van der Waals surface area contributed by atoms with Crippen LogP contribution >= 0.6 is 0 Å². The van der Waals surface area contributed by atoms with Crippen LogP contribution in [0.4, 0.5) is 0 Å². The van der Waals surface area contributed by atoms with E-state index in [0.29, 0.717) is 0 Å². The Morgan fingerprint density at radius 2 is 1.55 bits per heavy atom. The van der Waals surface area contributed by atoms with Gasteiger partial charge in [-0.2, -0.15) is 0 Å². The van der Waals surface area contributed by atoms with Crippen molar-refractivity contribution in [1.82, 2.24) is 4.98 Å². The number of hydrogen-bond acceptors (Lipinski definition) is 4. The molecule has 0 N–H and O–H groups in total. The molecule has 4 rings (SSSR count). The fraction of sp³-hybridized carbons (Fsp3) is 0.375. The van der Waals surface area contributed by atoms with Crippen molar-refractivity contribution in [3.05, 3.63) is 54.6 Å². The largest absolute Gasteiger partial charge is 0.494 e. The molecule has 4 nitrogen and oxygen atoms in total. The van der Waals surface area contributed by atoms with Crippen LogP contribution in [0.25, 0.3) is 22.2 Å². The molecule has 1 aliphatic heterocycles. The van der Waals surface area contributed by atoms with E-state index in [1.54, 1.807) is 0 Å². The molecule has 2 heterocycles. The molecule has 150 valence electrons. The highest BCUT2D eigenvalue weighted by Gasteiger charge is 2.51. The highest BCUT2D eigenvalue weighted by atomic mass is 16.7. The third-order valence-electron chi connectivity index (χ3n) is 5.75. The maximum atomic E-state index is 6.23. The summed E-state index contributed by atoms with van der Waals surface area (Å²) in [5.74, 6) is 0.837. The van der Waals surface area contributed by atoms with E-state index in [0.717, 1.165) is 33.4 Å². The fourth-order valence-electron chi connectivity index (χ4n) is 3.45. The van der Waals surface area contributed by atoms with E-state index in [2.05, 4.69) is 52.0 Å². The van der Waals surface area contributed by atoms with E-state index in [9.17, 15) is 0 Å². The van der Waals surface area contributed by atoms with Gasteiger partial charge in [-0.15, -0.1) is 0 Å². The first-order valence-electron chi connectivity index (χ1n) is 10.2. The van der Waals surface area contributed by atoms with E-state index < -0.39 is 7.12 Å². The Hall–Kier alpha value is -2.37. The van der Waals surface area contributed by atoms with E-state index in [-0.39, 0.29) is 17.3 Å². The lowest BCUT2D eigenvalue weighted by atomic mass is 9.78. The average molecular weight is 389 g/mol. The van der Waals surface area contributed by atoms with Gasteiger partial charge < -0.3 is 14.0 Å². The van der Waals surface area contributed by atoms with Crippen molar-refractivity contribution in [1.29, 1.82) is 0 Å². The van der Waals surface area contributed by atoms with E-state index >= 15 is 0 Å². The summed E-state index contributed by atoms with van der Waals surface area (Å²) in [6, 6.07) is 18.3. The van der Waals surface area contributed by atoms with Crippen LogP contribution in [-0.2, 0) is 9.31 Å². The quantitative estimate of drug-likeness (QED) is 0.590. The lowest BCUT2D eigenvalue weighted by Crippen LogP contribution is -2.41. The van der Waals surface area contributed by atoms with Gasteiger partial charge in [0.1, 0.15) is 5.75 Å². The van der Waals surface area contributed by atoms with Crippen molar-refractivity contribution in [2.45, 2.75) is 58.8 Å². The normalized spacial score (nSPS) is 17.8. The van der Waals surface area contributed by atoms with Crippen LogP contribution in [0.3, 0.4) is 0 Å². The molecule has 0 spiro atoms. The maximum Gasteiger partial charge on any atom is 0.494 e. The van der Waals surface area contributed by atoms with Crippen LogP contribution in [0, 0.1) is 0 Å². The van der Waals surface area contributed by atoms with Gasteiger partial charge in [-0.1, -0.05) is 36.4 Å². The number of ether oxygens (including phenoxy) is 1. The molecule has 3 aromatic rings. The van der Waals surface area contributed by atoms with Gasteiger partial charge in [0.2, 0.25) is 0 Å². The van der Waals surface area contributed by atoms with Gasteiger partial charge >= 0.3 is 7.12 Å². The maximum absolute atomic E-state index is 6.23. The minimum atomic E-state index is -0.416. The molecule has 1 aromatic heterocycles. The second kappa shape index (κ2) is 7.15. The predicted octanol–water partition coefficient (Wildman–Crippen LogP) is 4.99. The highest BCUT2D eigenvalue weighted by molar-refractivity contribution is 6.62. The van der Waals surface area contributed by atoms with Gasteiger partial charge in [0.25, 0.3) is 0 Å². The number of rotatable bonds is 4. The van der Waals surface area contributed by atoms with Crippen molar-refractivity contribution in [3.63, 3.8) is 0 Å². The van der Waals surface area contributed by atoms with E-state index in [1.807, 2.05) is 44.2 Å². The molecule has 0 atom stereocenters. The first kappa shape index (κ1) is 19.9. The molecule has 0 aliphatic carbocycles. The third-order valence-corrected chi connectivity index (χ3v) is 5.75. The predicted molar refractivity (Wildman–Crippen MR) is 119 cm³/mol. The number of nitrogens with zero attached hydrogens (tertiary/aromatic N) is 1. The van der Waals surface area contributed by atoms with Crippen LogP contribution in [0.15, 0.2) is 54.6 Å². The fourth-order valence-corrected chi connectivity index (χ4v) is 3.45. The average Bonchev–Trinajstić information content (AvgIpc) is 2.89. The molecule has 1 aliphatic rings. The summed E-state index contributed by atoms with van der Waals surface area (Å²) in [4.78, 5) is 4.93. The Morgan fingerprint density at radius 3 is 2.17 bits per heavy atom. The Bertz CT molecular complexity index is 1010. The smallest absolute Gasteiger partial charge is 0.490 e. The molecule has 0 bridgehead atoms. The first-order chi connectivity index (χ1) is 13.7. The molecule has 0 radical (unpaired) electrons. The number of hydrogen-bond donors (Lipinski definition) is 0. The molecule has 1 saturated heterocycles. The molecule has 0 amide bonds. The molecule has 0 unspecified atom stereocenters. The summed E-state index contributed by atoms with van der Waals surface area (Å²) in [5, 5.41) is 0.985. The molecule has 1 fully saturated rings. The number of fused-ring (bicyclic) bond motifs is 1. The summed E-state index contributed by atoms with van der Waals surface area (Å²) in [6.45, 7) is 12.3. The van der Waals surface area contributed by atoms with Crippen LogP contribution < -0.4 is 10.2 Å². The lowest BCUT2D eigenvalue weighted by Gasteiger charge is -2.32. The second-order valence-electron chi connectivity index (χ2n) is 8.90. The van der Waals surface area contributed by atoms with Gasteiger partial charge in [-0.25, -0.2) is 4.98 Å². The van der Waals surface area contributed by atoms with Crippen LogP contribution in [-0.4, -0.2) is 29.4 Å². The lowest BCUT2D eigenvalue weighted by molar-refractivity contribution is 0.00578. The standard InChI is InChI=1S/C24H28BNO3/c1-16(2)27-22-15-20(17-10-8-7-9-11-17)26-21-14-18(12-13-19(21)22)25-28-23(3,4)24(5,6)29-25/h7-16H,1-6H3. The number of benzene rings is 2. The zero-order valence-electron chi connectivity index (χ0n) is 18.0. The SMILES string of the molecule is CC(C)Oc1cc(-c2ccccc2)nc2cc(B3OC(C)(C)C(C)(C)O3)ccc12. The van der Waals surface area contributed by atoms with Gasteiger partial charge in [-0.3, -0.25) is 0 Å². The Morgan fingerprint density at radius 1 is 0.897 bits per heavy atom. The number of pyridine rings is 1. The van der Waals surface area contributed by atoms with E-state index in [4.69, 9.17) is 19.0 Å². The summed E-state index contributed by atoms with van der Waals surface area (Å²) < 4.78 is 18.6. The molecular weight excluding hydrogens is 361 g/mol. The highest BCUT2D eigenvalue weighted by Crippen LogP contribution is 2.37. The van der Waals surface area contributed by atoms with Gasteiger partial charge in [0.15, 0.2) is 0 Å². The van der Waals surface area contributed by atoms with Gasteiger partial charge in [0.05, 0.1) is 28.5 Å². The van der Waals surface area contributed by atoms with Crippen molar-refractivity contribution >= 4 is 23.5 Å². The zero-order valence-corrected chi connectivity index (χ0v) is 18.0. The topological polar surface area (TPSA) is 40.6 Å². The number of aromatic nitrogens is 1. The van der Waals surface area contributed by atoms with Crippen LogP contribution in [0.1, 0.15) is 41.5 Å². The third kappa shape index (κ3) is 3.77. The van der Waals surface area contributed by atoms with Crippen LogP contribution in [0.2, 0.25) is 0 Å². The summed E-state index contributed by atoms with van der Waals surface area (Å²) in [5.41, 5.74) is 3.03. The minimum Gasteiger partial charge on any atom is -0.490 e. The first-order valence-corrected chi connectivity index (χ1v) is 10.2. The van der Waals surface area contributed by atoms with Gasteiger partial charge in [-0.05, 0) is 59.1 Å². The Balaban J connectivity index is 1.81. The molecule has 2 aromatic carbocycles. The Kier molecular flexibility index (Phi) is 4.92. The summed E-state index contributed by atoms with van der Waals surface area (Å²) >= 11 is 0. The molecule has 5 heteroatoms. The van der Waals surface area contributed by atoms with Crippen molar-refractivity contribution in [2.24, 2.45) is 0 Å². The van der Waals surface area contributed by atoms with E-state index in [1.165, 1.54) is 0 Å². The summed E-state index contributed by atoms with van der Waals surface area (Å²) in [6.07, 6.45) is 0.0759. The van der Waals surface area contributed by atoms with Crippen molar-refractivity contribution < 1.29 is 14.0 Å². The molecule has 0 saturated carbocycles. The Labute approximate surface area is 173 Å². The minimum absolute atomic E-state index is 0.0759. The van der Waals surface area contributed by atoms with Crippen molar-refractivity contribution in [2.75, 3.05) is 0 Å². The summed E-state index contributed by atoms with van der Waals surface area (Å²) in [7, 11) is -0.416. The van der Waals surface area contributed by atoms with Crippen molar-refractivity contribution in [3.8, 4) is 17.0 Å². The second-order valence-corrected chi connectivity index (χ2v) is 8.90. The molecule has 29 heavy (non-hydrogen) atoms. The zero-order chi connectivity index (χ0) is 20.8.